The highest BCUT2D eigenvalue weighted by atomic mass is 32.1. The number of fused-ring (bicyclic) bond motifs is 2. The highest BCUT2D eigenvalue weighted by Crippen LogP contribution is 2.33. The number of pyridine rings is 2. The van der Waals surface area contributed by atoms with Crippen molar-refractivity contribution >= 4 is 32.9 Å². The summed E-state index contributed by atoms with van der Waals surface area (Å²) < 4.78 is 3.84. The molecule has 4 heterocycles. The van der Waals surface area contributed by atoms with Gasteiger partial charge in [-0.15, -0.1) is 11.3 Å². The molecule has 6 aromatic rings. The van der Waals surface area contributed by atoms with Gasteiger partial charge in [0.25, 0.3) is 0 Å². The fourth-order valence-corrected chi connectivity index (χ4v) is 5.22. The molecule has 0 saturated carbocycles. The number of nitrogens with two attached hydrogens (primary N) is 2. The normalized spacial score (nSPS) is 12.9. The molecule has 7 nitrogen and oxygen atoms in total. The molecule has 0 spiro atoms. The molecule has 0 aliphatic carbocycles. The second-order valence-corrected chi connectivity index (χ2v) is 9.77. The molecule has 0 aliphatic rings. The first-order valence-corrected chi connectivity index (χ1v) is 12.7. The van der Waals surface area contributed by atoms with E-state index in [-0.39, 0.29) is 6.04 Å². The third-order valence-corrected chi connectivity index (χ3v) is 7.27. The van der Waals surface area contributed by atoms with Gasteiger partial charge in [-0.05, 0) is 30.2 Å². The Kier molecular flexibility index (Phi) is 5.67. The zero-order valence-corrected chi connectivity index (χ0v) is 21.1. The van der Waals surface area contributed by atoms with Crippen LogP contribution < -0.4 is 17.1 Å². The number of thiazole rings is 1. The Morgan fingerprint density at radius 1 is 1.00 bits per heavy atom. The van der Waals surface area contributed by atoms with Gasteiger partial charge < -0.3 is 11.6 Å². The van der Waals surface area contributed by atoms with Crippen LogP contribution in [0.3, 0.4) is 0 Å². The van der Waals surface area contributed by atoms with Crippen molar-refractivity contribution < 1.29 is 0 Å². The number of aromatic nitrogens is 4. The first-order valence-electron chi connectivity index (χ1n) is 11.9. The summed E-state index contributed by atoms with van der Waals surface area (Å²) in [5.41, 5.74) is 13.8. The van der Waals surface area contributed by atoms with E-state index in [2.05, 4.69) is 54.1 Å². The second-order valence-electron chi connectivity index (χ2n) is 8.90. The van der Waals surface area contributed by atoms with Gasteiger partial charge in [0.2, 0.25) is 0 Å². The summed E-state index contributed by atoms with van der Waals surface area (Å²) in [5, 5.41) is 6.99. The van der Waals surface area contributed by atoms with Crippen molar-refractivity contribution in [2.45, 2.75) is 13.0 Å². The maximum atomic E-state index is 6.07. The van der Waals surface area contributed by atoms with E-state index in [1.165, 1.54) is 0 Å². The van der Waals surface area contributed by atoms with Gasteiger partial charge in [-0.1, -0.05) is 61.2 Å². The number of hydrogen-bond donors (Lipinski definition) is 2. The molecular formula is C29H25N7S. The van der Waals surface area contributed by atoms with Crippen LogP contribution in [0.2, 0.25) is 0 Å². The van der Waals surface area contributed by atoms with Crippen molar-refractivity contribution in [1.29, 1.82) is 0 Å². The fraction of sp³-hybridized carbons (Fsp3) is 0.0690. The van der Waals surface area contributed by atoms with E-state index in [9.17, 15) is 0 Å². The van der Waals surface area contributed by atoms with E-state index in [4.69, 9.17) is 21.5 Å². The molecule has 37 heavy (non-hydrogen) atoms. The number of benzene rings is 2. The summed E-state index contributed by atoms with van der Waals surface area (Å²) >= 11 is 1.57. The van der Waals surface area contributed by atoms with Crippen molar-refractivity contribution in [2.24, 2.45) is 16.7 Å². The second kappa shape index (κ2) is 9.16. The molecule has 4 N–H and O–H groups in total. The molecule has 8 heteroatoms. The summed E-state index contributed by atoms with van der Waals surface area (Å²) in [6, 6.07) is 22.5. The molecule has 0 unspecified atom stereocenters. The molecule has 0 bridgehead atoms. The van der Waals surface area contributed by atoms with Crippen LogP contribution in [0, 0.1) is 0 Å². The lowest BCUT2D eigenvalue weighted by molar-refractivity contribution is 0.818. The Morgan fingerprint density at radius 2 is 1.78 bits per heavy atom. The predicted octanol–water partition coefficient (Wildman–Crippen LogP) is 5.39. The number of hydrogen-bond acceptors (Lipinski definition) is 6. The van der Waals surface area contributed by atoms with Crippen molar-refractivity contribution in [3.63, 3.8) is 0 Å². The zero-order valence-electron chi connectivity index (χ0n) is 20.2. The van der Waals surface area contributed by atoms with Gasteiger partial charge in [0, 0.05) is 46.5 Å². The van der Waals surface area contributed by atoms with Gasteiger partial charge in [-0.3, -0.25) is 8.97 Å². The molecule has 182 valence electrons. The summed E-state index contributed by atoms with van der Waals surface area (Å²) in [6.07, 6.45) is 5.82. The number of imidazole rings is 1. The molecule has 2 aromatic carbocycles. The van der Waals surface area contributed by atoms with Crippen LogP contribution in [0.1, 0.15) is 24.2 Å². The molecule has 0 saturated heterocycles. The van der Waals surface area contributed by atoms with Crippen LogP contribution in [0.15, 0.2) is 102 Å². The Morgan fingerprint density at radius 3 is 2.49 bits per heavy atom. The van der Waals surface area contributed by atoms with E-state index in [1.54, 1.807) is 11.3 Å². The Balaban J connectivity index is 1.56. The van der Waals surface area contributed by atoms with Gasteiger partial charge in [0.05, 0.1) is 16.9 Å². The van der Waals surface area contributed by atoms with E-state index in [0.29, 0.717) is 11.2 Å². The van der Waals surface area contributed by atoms with Crippen LogP contribution in [-0.4, -0.2) is 18.9 Å². The smallest absolute Gasteiger partial charge is 0.194 e. The minimum absolute atomic E-state index is 0.0319. The van der Waals surface area contributed by atoms with Gasteiger partial charge in [-0.25, -0.2) is 9.97 Å². The topological polar surface area (TPSA) is 99.5 Å². The Bertz CT molecular complexity index is 1800. The molecule has 1 atom stereocenters. The van der Waals surface area contributed by atoms with Crippen LogP contribution in [0.5, 0.6) is 0 Å². The summed E-state index contributed by atoms with van der Waals surface area (Å²) in [6.45, 7) is 6.28. The van der Waals surface area contributed by atoms with Crippen molar-refractivity contribution in [2.75, 3.05) is 0 Å². The maximum Gasteiger partial charge on any atom is 0.194 e. The van der Waals surface area contributed by atoms with Crippen LogP contribution in [-0.2, 0) is 0 Å². The van der Waals surface area contributed by atoms with Crippen LogP contribution in [0.25, 0.3) is 43.9 Å². The Hall–Kier alpha value is -4.53. The first-order chi connectivity index (χ1) is 18.0. The lowest BCUT2D eigenvalue weighted by Gasteiger charge is -2.15. The monoisotopic (exact) mass is 503 g/mol. The summed E-state index contributed by atoms with van der Waals surface area (Å²) in [4.78, 5) is 10.7. The zero-order chi connectivity index (χ0) is 25.5. The Labute approximate surface area is 217 Å². The number of rotatable bonds is 5. The number of nitrogens with zero attached hydrogens (tertiary/aromatic N) is 5. The minimum Gasteiger partial charge on any atom is -0.324 e. The first kappa shape index (κ1) is 22.9. The average molecular weight is 504 g/mol. The van der Waals surface area contributed by atoms with Crippen molar-refractivity contribution in [3.8, 4) is 22.4 Å². The van der Waals surface area contributed by atoms with E-state index < -0.39 is 0 Å². The summed E-state index contributed by atoms with van der Waals surface area (Å²) in [7, 11) is 0. The van der Waals surface area contributed by atoms with Gasteiger partial charge in [-0.2, -0.15) is 5.10 Å². The highest BCUT2D eigenvalue weighted by Gasteiger charge is 2.16. The van der Waals surface area contributed by atoms with E-state index in [0.717, 1.165) is 49.5 Å². The molecule has 0 amide bonds. The molecular weight excluding hydrogens is 478 g/mol. The van der Waals surface area contributed by atoms with E-state index in [1.807, 2.05) is 64.1 Å². The van der Waals surface area contributed by atoms with Gasteiger partial charge >= 0.3 is 0 Å². The SMILES string of the molecule is C=C(c1cn2ccsc2n1)n1ccc2nc(-c3ccc([C@@H](C)N)cc3)c(-c3ccccc3)cc2/c1=N/N. The maximum absolute atomic E-state index is 6.07. The molecule has 6 rings (SSSR count). The highest BCUT2D eigenvalue weighted by molar-refractivity contribution is 7.15. The largest absolute Gasteiger partial charge is 0.324 e. The lowest BCUT2D eigenvalue weighted by atomic mass is 9.96. The third kappa shape index (κ3) is 4.02. The van der Waals surface area contributed by atoms with Crippen LogP contribution >= 0.6 is 11.3 Å². The fourth-order valence-electron chi connectivity index (χ4n) is 4.52. The van der Waals surface area contributed by atoms with Gasteiger partial charge in [0.15, 0.2) is 10.4 Å². The molecule has 0 radical (unpaired) electrons. The third-order valence-electron chi connectivity index (χ3n) is 6.50. The molecule has 0 fully saturated rings. The van der Waals surface area contributed by atoms with Crippen molar-refractivity contribution in [3.05, 3.63) is 114 Å². The standard InChI is InChI=1S/C29H25N7S/c1-18(30)20-8-10-22(11-9-20)27-23(21-6-4-3-5-7-21)16-24-25(32-27)12-13-36(28(24)34-31)19(2)26-17-35-14-15-37-29(35)33-26/h3-18H,2,30-31H2,1H3/b34-28-/t18-/m1/s1. The average Bonchev–Trinajstić information content (AvgIpc) is 3.55. The van der Waals surface area contributed by atoms with Crippen molar-refractivity contribution in [1.82, 2.24) is 18.9 Å². The quantitative estimate of drug-likeness (QED) is 0.243. The predicted molar refractivity (Wildman–Crippen MR) is 150 cm³/mol. The van der Waals surface area contributed by atoms with Gasteiger partial charge in [0.1, 0.15) is 5.69 Å². The van der Waals surface area contributed by atoms with E-state index >= 15 is 0 Å². The summed E-state index contributed by atoms with van der Waals surface area (Å²) in [5.74, 6) is 5.97. The lowest BCUT2D eigenvalue weighted by Crippen LogP contribution is -2.23. The minimum atomic E-state index is -0.0319. The van der Waals surface area contributed by atoms with Crippen LogP contribution in [0.4, 0.5) is 0 Å². The molecule has 4 aromatic heterocycles. The molecule has 0 aliphatic heterocycles.